The van der Waals surface area contributed by atoms with Crippen molar-refractivity contribution in [2.24, 2.45) is 0 Å². The zero-order chi connectivity index (χ0) is 19.2. The van der Waals surface area contributed by atoms with Gasteiger partial charge in [0, 0.05) is 0 Å². The van der Waals surface area contributed by atoms with Crippen LogP contribution in [0.1, 0.15) is 51.4 Å². The molecule has 4 nitrogen and oxygen atoms in total. The van der Waals surface area contributed by atoms with E-state index < -0.39 is 0 Å². The van der Waals surface area contributed by atoms with Crippen LogP contribution in [0, 0.1) is 0 Å². The molecule has 0 spiro atoms. The van der Waals surface area contributed by atoms with Crippen molar-refractivity contribution in [3.63, 3.8) is 0 Å². The van der Waals surface area contributed by atoms with Crippen molar-refractivity contribution in [2.45, 2.75) is 45.6 Å². The molecule has 142 valence electrons. The third-order valence-electron chi connectivity index (χ3n) is 4.88. The van der Waals surface area contributed by atoms with Gasteiger partial charge in [0.2, 0.25) is 0 Å². The van der Waals surface area contributed by atoms with E-state index >= 15 is 0 Å². The number of para-hydroxylation sites is 2. The van der Waals surface area contributed by atoms with Gasteiger partial charge in [-0.1, -0.05) is 55.6 Å². The maximum atomic E-state index is 13.3. The summed E-state index contributed by atoms with van der Waals surface area (Å²) >= 11 is 6.42. The minimum Gasteiger partial charge on any atom is -0.338 e. The van der Waals surface area contributed by atoms with Crippen LogP contribution in [0.3, 0.4) is 0 Å². The number of benzene rings is 2. The fourth-order valence-electron chi connectivity index (χ4n) is 3.37. The summed E-state index contributed by atoms with van der Waals surface area (Å²) in [6, 6.07) is 15.0. The van der Waals surface area contributed by atoms with Gasteiger partial charge in [-0.15, -0.1) is 0 Å². The van der Waals surface area contributed by atoms with Crippen molar-refractivity contribution in [3.05, 3.63) is 69.7 Å². The van der Waals surface area contributed by atoms with E-state index in [1.807, 2.05) is 42.5 Å². The quantitative estimate of drug-likeness (QED) is 0.590. The average molecular weight is 385 g/mol. The fourth-order valence-corrected chi connectivity index (χ4v) is 3.59. The SMILES string of the molecule is CCCCCC[NH2+][C@H](C)c1nc2ccccc2c(=O)n1-c1ccccc1Cl. The Bertz CT molecular complexity index is 967. The lowest BCUT2D eigenvalue weighted by molar-refractivity contribution is -0.694. The molecule has 2 N–H and O–H groups in total. The van der Waals surface area contributed by atoms with Gasteiger partial charge in [0.05, 0.1) is 28.2 Å². The standard InChI is InChI=1S/C22H26ClN3O/c1-3-4-5-10-15-24-16(2)21-25-19-13-8-6-11-17(19)22(27)26(21)20-14-9-7-12-18(20)23/h6-9,11-14,16,24H,3-5,10,15H2,1-2H3/p+1/t16-/m1/s1. The van der Waals surface area contributed by atoms with Gasteiger partial charge in [0.15, 0.2) is 5.82 Å². The molecule has 0 bridgehead atoms. The van der Waals surface area contributed by atoms with Crippen LogP contribution in [0.4, 0.5) is 0 Å². The van der Waals surface area contributed by atoms with Crippen molar-refractivity contribution in [2.75, 3.05) is 6.54 Å². The van der Waals surface area contributed by atoms with Crippen LogP contribution < -0.4 is 10.9 Å². The maximum absolute atomic E-state index is 13.3. The third-order valence-corrected chi connectivity index (χ3v) is 5.20. The minimum absolute atomic E-state index is 0.0557. The lowest BCUT2D eigenvalue weighted by Crippen LogP contribution is -2.85. The first-order valence-corrected chi connectivity index (χ1v) is 10.1. The number of quaternary nitrogens is 1. The highest BCUT2D eigenvalue weighted by Gasteiger charge is 2.21. The zero-order valence-electron chi connectivity index (χ0n) is 16.0. The van der Waals surface area contributed by atoms with Gasteiger partial charge in [-0.2, -0.15) is 0 Å². The van der Waals surface area contributed by atoms with Gasteiger partial charge in [0.1, 0.15) is 6.04 Å². The van der Waals surface area contributed by atoms with Crippen molar-refractivity contribution in [3.8, 4) is 5.69 Å². The summed E-state index contributed by atoms with van der Waals surface area (Å²) in [6.45, 7) is 5.34. The molecule has 1 atom stereocenters. The second-order valence-corrected chi connectivity index (χ2v) is 7.36. The Morgan fingerprint density at radius 3 is 2.59 bits per heavy atom. The van der Waals surface area contributed by atoms with Gasteiger partial charge in [-0.05, 0) is 44.0 Å². The Morgan fingerprint density at radius 2 is 1.81 bits per heavy atom. The molecule has 0 radical (unpaired) electrons. The Hall–Kier alpha value is -2.17. The lowest BCUT2D eigenvalue weighted by atomic mass is 10.2. The van der Waals surface area contributed by atoms with Crippen molar-refractivity contribution in [1.82, 2.24) is 9.55 Å². The Kier molecular flexibility index (Phi) is 6.64. The van der Waals surface area contributed by atoms with Crippen LogP contribution >= 0.6 is 11.6 Å². The molecule has 3 rings (SSSR count). The summed E-state index contributed by atoms with van der Waals surface area (Å²) < 4.78 is 1.68. The number of nitrogens with two attached hydrogens (primary N) is 1. The smallest absolute Gasteiger partial charge is 0.266 e. The fraction of sp³-hybridized carbons (Fsp3) is 0.364. The average Bonchev–Trinajstić information content (AvgIpc) is 2.68. The first kappa shape index (κ1) is 19.6. The normalized spacial score (nSPS) is 12.4. The van der Waals surface area contributed by atoms with Crippen LogP contribution in [-0.4, -0.2) is 16.1 Å². The van der Waals surface area contributed by atoms with E-state index in [9.17, 15) is 4.79 Å². The van der Waals surface area contributed by atoms with Crippen LogP contribution in [0.2, 0.25) is 5.02 Å². The first-order chi connectivity index (χ1) is 13.1. The first-order valence-electron chi connectivity index (χ1n) is 9.73. The van der Waals surface area contributed by atoms with Gasteiger partial charge < -0.3 is 5.32 Å². The summed E-state index contributed by atoms with van der Waals surface area (Å²) in [7, 11) is 0. The molecule has 0 aliphatic rings. The number of rotatable bonds is 8. The second kappa shape index (κ2) is 9.16. The Labute approximate surface area is 165 Å². The number of unbranched alkanes of at least 4 members (excludes halogenated alkanes) is 3. The number of halogens is 1. The molecule has 2 aromatic carbocycles. The number of hydrogen-bond donors (Lipinski definition) is 1. The predicted octanol–water partition coefficient (Wildman–Crippen LogP) is 4.24. The van der Waals surface area contributed by atoms with Gasteiger partial charge in [0.25, 0.3) is 5.56 Å². The molecule has 0 aliphatic carbocycles. The molecule has 1 heterocycles. The lowest BCUT2D eigenvalue weighted by Gasteiger charge is -2.18. The Morgan fingerprint density at radius 1 is 1.07 bits per heavy atom. The highest BCUT2D eigenvalue weighted by Crippen LogP contribution is 2.22. The van der Waals surface area contributed by atoms with Crippen molar-refractivity contribution in [1.29, 1.82) is 0 Å². The zero-order valence-corrected chi connectivity index (χ0v) is 16.7. The molecule has 3 aromatic rings. The summed E-state index contributed by atoms with van der Waals surface area (Å²) in [5.41, 5.74) is 1.34. The maximum Gasteiger partial charge on any atom is 0.266 e. The third kappa shape index (κ3) is 4.40. The van der Waals surface area contributed by atoms with E-state index in [-0.39, 0.29) is 11.6 Å². The van der Waals surface area contributed by atoms with E-state index in [4.69, 9.17) is 16.6 Å². The van der Waals surface area contributed by atoms with Crippen molar-refractivity contribution < 1.29 is 5.32 Å². The van der Waals surface area contributed by atoms with E-state index in [1.54, 1.807) is 10.6 Å². The van der Waals surface area contributed by atoms with Crippen LogP contribution in [0.5, 0.6) is 0 Å². The molecule has 0 saturated carbocycles. The summed E-state index contributed by atoms with van der Waals surface area (Å²) in [5, 5.41) is 3.42. The van der Waals surface area contributed by atoms with Crippen LogP contribution in [0.25, 0.3) is 16.6 Å². The summed E-state index contributed by atoms with van der Waals surface area (Å²) in [5.74, 6) is 0.738. The highest BCUT2D eigenvalue weighted by atomic mass is 35.5. The number of fused-ring (bicyclic) bond motifs is 1. The molecule has 0 fully saturated rings. The molecule has 0 unspecified atom stereocenters. The molecule has 0 aliphatic heterocycles. The molecule has 5 heteroatoms. The molecular formula is C22H27ClN3O+. The van der Waals surface area contributed by atoms with E-state index in [0.29, 0.717) is 16.1 Å². The van der Waals surface area contributed by atoms with Gasteiger partial charge in [-0.25, -0.2) is 4.98 Å². The molecular weight excluding hydrogens is 358 g/mol. The minimum atomic E-state index is -0.0741. The van der Waals surface area contributed by atoms with Crippen LogP contribution in [-0.2, 0) is 0 Å². The van der Waals surface area contributed by atoms with E-state index in [1.165, 1.54) is 25.7 Å². The largest absolute Gasteiger partial charge is 0.338 e. The number of hydrogen-bond acceptors (Lipinski definition) is 2. The molecule has 0 amide bonds. The van der Waals surface area contributed by atoms with E-state index in [0.717, 1.165) is 17.9 Å². The number of nitrogens with zero attached hydrogens (tertiary/aromatic N) is 2. The topological polar surface area (TPSA) is 51.5 Å². The predicted molar refractivity (Wildman–Crippen MR) is 112 cm³/mol. The van der Waals surface area contributed by atoms with Gasteiger partial charge in [-0.3, -0.25) is 9.36 Å². The highest BCUT2D eigenvalue weighted by molar-refractivity contribution is 6.32. The molecule has 27 heavy (non-hydrogen) atoms. The Balaban J connectivity index is 2.03. The van der Waals surface area contributed by atoms with E-state index in [2.05, 4.69) is 19.2 Å². The van der Waals surface area contributed by atoms with Gasteiger partial charge >= 0.3 is 0 Å². The number of aromatic nitrogens is 2. The van der Waals surface area contributed by atoms with Crippen molar-refractivity contribution >= 4 is 22.5 Å². The summed E-state index contributed by atoms with van der Waals surface area (Å²) in [4.78, 5) is 18.1. The monoisotopic (exact) mass is 384 g/mol. The molecule has 1 aromatic heterocycles. The molecule has 0 saturated heterocycles. The summed E-state index contributed by atoms with van der Waals surface area (Å²) in [6.07, 6.45) is 4.90. The van der Waals surface area contributed by atoms with Crippen LogP contribution in [0.15, 0.2) is 53.3 Å². The second-order valence-electron chi connectivity index (χ2n) is 6.95.